The molecule has 0 aliphatic rings. The molecule has 0 aromatic carbocycles. The Hall–Kier alpha value is -1.62. The first kappa shape index (κ1) is 8.00. The molecule has 2 heterocycles. The first-order valence-corrected chi connectivity index (χ1v) is 4.07. The summed E-state index contributed by atoms with van der Waals surface area (Å²) in [6, 6.07) is 1.76. The Morgan fingerprint density at radius 2 is 2.31 bits per heavy atom. The maximum absolute atomic E-state index is 11.0. The van der Waals surface area contributed by atoms with Crippen LogP contribution in [-0.4, -0.2) is 21.5 Å². The number of aromatic amines is 2. The normalized spacial score (nSPS) is 10.8. The summed E-state index contributed by atoms with van der Waals surface area (Å²) in [5.41, 5.74) is 7.58. The fraction of sp³-hybridized carbons (Fsp3) is 0.250. The van der Waals surface area contributed by atoms with Crippen molar-refractivity contribution in [3.8, 4) is 0 Å². The second-order valence-corrected chi connectivity index (χ2v) is 2.80. The Kier molecular flexibility index (Phi) is 1.86. The van der Waals surface area contributed by atoms with E-state index in [1.54, 1.807) is 12.3 Å². The molecule has 5 heteroatoms. The van der Waals surface area contributed by atoms with Crippen LogP contribution in [0.25, 0.3) is 11.0 Å². The van der Waals surface area contributed by atoms with Gasteiger partial charge in [0, 0.05) is 12.6 Å². The Morgan fingerprint density at radius 3 is 3.08 bits per heavy atom. The fourth-order valence-corrected chi connectivity index (χ4v) is 1.34. The van der Waals surface area contributed by atoms with E-state index >= 15 is 0 Å². The van der Waals surface area contributed by atoms with Crippen molar-refractivity contribution in [1.29, 1.82) is 0 Å². The minimum atomic E-state index is -0.207. The highest BCUT2D eigenvalue weighted by Gasteiger charge is 2.03. The van der Waals surface area contributed by atoms with Gasteiger partial charge >= 0.3 is 5.69 Å². The van der Waals surface area contributed by atoms with Gasteiger partial charge in [-0.2, -0.15) is 0 Å². The third-order valence-corrected chi connectivity index (χ3v) is 1.90. The van der Waals surface area contributed by atoms with E-state index in [1.807, 2.05) is 0 Å². The molecule has 13 heavy (non-hydrogen) atoms. The van der Waals surface area contributed by atoms with Gasteiger partial charge in [-0.3, -0.25) is 4.98 Å². The predicted octanol–water partition coefficient (Wildman–Crippen LogP) is -0.248. The highest BCUT2D eigenvalue weighted by atomic mass is 16.1. The third-order valence-electron chi connectivity index (χ3n) is 1.90. The summed E-state index contributed by atoms with van der Waals surface area (Å²) in [5.74, 6) is 0. The molecule has 2 aromatic heterocycles. The lowest BCUT2D eigenvalue weighted by molar-refractivity contribution is 0.931. The molecule has 0 saturated heterocycles. The maximum atomic E-state index is 11.0. The molecule has 0 radical (unpaired) electrons. The number of imidazole rings is 1. The number of fused-ring (bicyclic) bond motifs is 1. The van der Waals surface area contributed by atoms with Crippen LogP contribution in [0.4, 0.5) is 0 Å². The second-order valence-electron chi connectivity index (χ2n) is 2.80. The number of hydrogen-bond acceptors (Lipinski definition) is 3. The zero-order valence-corrected chi connectivity index (χ0v) is 7.00. The van der Waals surface area contributed by atoms with E-state index in [1.165, 1.54) is 0 Å². The van der Waals surface area contributed by atoms with E-state index in [0.717, 1.165) is 16.7 Å². The van der Waals surface area contributed by atoms with E-state index in [4.69, 9.17) is 5.73 Å². The molecule has 2 rings (SSSR count). The number of pyridine rings is 1. The third kappa shape index (κ3) is 1.33. The monoisotopic (exact) mass is 178 g/mol. The molecule has 0 saturated carbocycles. The number of hydrogen-bond donors (Lipinski definition) is 3. The average Bonchev–Trinajstić information content (AvgIpc) is 2.47. The lowest BCUT2D eigenvalue weighted by atomic mass is 10.2. The largest absolute Gasteiger partial charge is 0.330 e. The van der Waals surface area contributed by atoms with Gasteiger partial charge in [-0.05, 0) is 12.6 Å². The lowest BCUT2D eigenvalue weighted by Gasteiger charge is -1.97. The number of H-pyrrole nitrogens is 2. The van der Waals surface area contributed by atoms with Crippen molar-refractivity contribution in [3.05, 3.63) is 28.4 Å². The van der Waals surface area contributed by atoms with Gasteiger partial charge in [0.25, 0.3) is 0 Å². The van der Waals surface area contributed by atoms with E-state index in [0.29, 0.717) is 13.0 Å². The van der Waals surface area contributed by atoms with Gasteiger partial charge in [-0.15, -0.1) is 0 Å². The molecule has 0 aliphatic heterocycles. The number of nitrogens with two attached hydrogens (primary N) is 1. The van der Waals surface area contributed by atoms with Crippen LogP contribution < -0.4 is 11.4 Å². The first-order chi connectivity index (χ1) is 6.31. The van der Waals surface area contributed by atoms with Crippen molar-refractivity contribution < 1.29 is 0 Å². The van der Waals surface area contributed by atoms with Gasteiger partial charge in [0.2, 0.25) is 0 Å². The summed E-state index contributed by atoms with van der Waals surface area (Å²) < 4.78 is 0. The van der Waals surface area contributed by atoms with E-state index in [9.17, 15) is 4.79 Å². The summed E-state index contributed by atoms with van der Waals surface area (Å²) in [7, 11) is 0. The Labute approximate surface area is 74.0 Å². The molecule has 0 atom stereocenters. The molecule has 0 aliphatic carbocycles. The van der Waals surface area contributed by atoms with E-state index in [2.05, 4.69) is 15.0 Å². The molecule has 0 spiro atoms. The van der Waals surface area contributed by atoms with E-state index < -0.39 is 0 Å². The molecule has 68 valence electrons. The summed E-state index contributed by atoms with van der Waals surface area (Å²) >= 11 is 0. The van der Waals surface area contributed by atoms with Crippen LogP contribution in [0.1, 0.15) is 5.69 Å². The van der Waals surface area contributed by atoms with Crippen molar-refractivity contribution in [1.82, 2.24) is 15.0 Å². The zero-order chi connectivity index (χ0) is 9.26. The lowest BCUT2D eigenvalue weighted by Crippen LogP contribution is -2.05. The molecule has 0 unspecified atom stereocenters. The molecule has 0 bridgehead atoms. The Bertz CT molecular complexity index is 470. The van der Waals surface area contributed by atoms with E-state index in [-0.39, 0.29) is 5.69 Å². The molecule has 4 N–H and O–H groups in total. The number of nitrogens with one attached hydrogen (secondary N) is 2. The summed E-state index contributed by atoms with van der Waals surface area (Å²) in [4.78, 5) is 20.5. The van der Waals surface area contributed by atoms with Crippen molar-refractivity contribution in [2.24, 2.45) is 5.73 Å². The number of rotatable bonds is 2. The first-order valence-electron chi connectivity index (χ1n) is 4.07. The quantitative estimate of drug-likeness (QED) is 0.592. The minimum absolute atomic E-state index is 0.207. The smallest absolute Gasteiger partial charge is 0.323 e. The molecule has 5 nitrogen and oxygen atoms in total. The van der Waals surface area contributed by atoms with Gasteiger partial charge in [-0.25, -0.2) is 4.79 Å². The predicted molar refractivity (Wildman–Crippen MR) is 49.5 cm³/mol. The van der Waals surface area contributed by atoms with Crippen LogP contribution in [0.5, 0.6) is 0 Å². The van der Waals surface area contributed by atoms with Gasteiger partial charge < -0.3 is 15.7 Å². The van der Waals surface area contributed by atoms with Crippen molar-refractivity contribution in [3.63, 3.8) is 0 Å². The SMILES string of the molecule is NCCc1nccc2[nH]c(=O)[nH]c12. The molecule has 0 fully saturated rings. The summed E-state index contributed by atoms with van der Waals surface area (Å²) in [6.45, 7) is 0.527. The Morgan fingerprint density at radius 1 is 1.46 bits per heavy atom. The van der Waals surface area contributed by atoms with Crippen LogP contribution in [0.3, 0.4) is 0 Å². The molecule has 2 aromatic rings. The second kappa shape index (κ2) is 3.02. The standard InChI is InChI=1S/C8H10N4O/c9-3-1-5-7-6(2-4-10-5)11-8(13)12-7/h2,4H,1,3,9H2,(H2,11,12,13). The van der Waals surface area contributed by atoms with Crippen molar-refractivity contribution >= 4 is 11.0 Å². The summed E-state index contributed by atoms with van der Waals surface area (Å²) in [6.07, 6.45) is 2.34. The number of nitrogens with zero attached hydrogens (tertiary/aromatic N) is 1. The van der Waals surface area contributed by atoms with Crippen LogP contribution >= 0.6 is 0 Å². The molecular formula is C8H10N4O. The van der Waals surface area contributed by atoms with Gasteiger partial charge in [0.15, 0.2) is 0 Å². The number of aromatic nitrogens is 3. The van der Waals surface area contributed by atoms with Crippen LogP contribution in [0.2, 0.25) is 0 Å². The minimum Gasteiger partial charge on any atom is -0.330 e. The highest BCUT2D eigenvalue weighted by Crippen LogP contribution is 2.09. The van der Waals surface area contributed by atoms with Gasteiger partial charge in [0.05, 0.1) is 16.7 Å². The van der Waals surface area contributed by atoms with Crippen LogP contribution in [0, 0.1) is 0 Å². The fourth-order valence-electron chi connectivity index (χ4n) is 1.34. The van der Waals surface area contributed by atoms with Crippen LogP contribution in [0.15, 0.2) is 17.1 Å². The average molecular weight is 178 g/mol. The van der Waals surface area contributed by atoms with Crippen LogP contribution in [-0.2, 0) is 6.42 Å². The van der Waals surface area contributed by atoms with Gasteiger partial charge in [-0.1, -0.05) is 0 Å². The van der Waals surface area contributed by atoms with Crippen molar-refractivity contribution in [2.75, 3.05) is 6.54 Å². The molecular weight excluding hydrogens is 168 g/mol. The highest BCUT2D eigenvalue weighted by molar-refractivity contribution is 5.76. The molecule has 0 amide bonds. The summed E-state index contributed by atoms with van der Waals surface area (Å²) in [5, 5.41) is 0. The zero-order valence-electron chi connectivity index (χ0n) is 7.00. The topological polar surface area (TPSA) is 87.6 Å². The Balaban J connectivity index is 2.67. The maximum Gasteiger partial charge on any atom is 0.323 e. The van der Waals surface area contributed by atoms with Gasteiger partial charge in [0.1, 0.15) is 0 Å². The van der Waals surface area contributed by atoms with Crippen molar-refractivity contribution in [2.45, 2.75) is 6.42 Å².